The molecular weight excluding hydrogens is 467 g/mol. The van der Waals surface area contributed by atoms with Gasteiger partial charge < -0.3 is 20.5 Å². The molecule has 7 heteroatoms. The van der Waals surface area contributed by atoms with Crippen molar-refractivity contribution in [3.05, 3.63) is 59.7 Å². The van der Waals surface area contributed by atoms with Crippen LogP contribution in [0.4, 0.5) is 5.69 Å². The number of nitrogens with two attached hydrogens (primary N) is 1. The molecule has 28 heavy (non-hydrogen) atoms. The number of nitrogens with one attached hydrogen (secondary N) is 1. The molecule has 1 aliphatic heterocycles. The average molecular weight is 496 g/mol. The molecule has 0 aliphatic carbocycles. The summed E-state index contributed by atoms with van der Waals surface area (Å²) in [4.78, 5) is 6.78. The molecule has 3 rings (SSSR count). The van der Waals surface area contributed by atoms with Crippen molar-refractivity contribution in [1.29, 1.82) is 0 Å². The number of aryl methyl sites for hydroxylation is 1. The van der Waals surface area contributed by atoms with Gasteiger partial charge in [0.25, 0.3) is 0 Å². The summed E-state index contributed by atoms with van der Waals surface area (Å²) in [6, 6.07) is 16.0. The second-order valence-corrected chi connectivity index (χ2v) is 6.65. The van der Waals surface area contributed by atoms with Crippen LogP contribution in [-0.2, 0) is 11.3 Å². The smallest absolute Gasteiger partial charge is 0.193 e. The highest BCUT2D eigenvalue weighted by molar-refractivity contribution is 14.0. The molecule has 1 heterocycles. The van der Waals surface area contributed by atoms with E-state index < -0.39 is 0 Å². The molecule has 0 radical (unpaired) electrons. The molecule has 2 aromatic carbocycles. The van der Waals surface area contributed by atoms with Gasteiger partial charge in [-0.2, -0.15) is 0 Å². The second-order valence-electron chi connectivity index (χ2n) is 6.65. The zero-order chi connectivity index (χ0) is 18.9. The van der Waals surface area contributed by atoms with Crippen molar-refractivity contribution in [2.75, 3.05) is 44.8 Å². The Hall–Kier alpha value is -1.84. The van der Waals surface area contributed by atoms with E-state index in [-0.39, 0.29) is 24.0 Å². The first-order valence-electron chi connectivity index (χ1n) is 9.34. The van der Waals surface area contributed by atoms with E-state index in [1.54, 1.807) is 0 Å². The van der Waals surface area contributed by atoms with E-state index >= 15 is 0 Å². The lowest BCUT2D eigenvalue weighted by molar-refractivity contribution is 0.0322. The number of rotatable bonds is 7. The summed E-state index contributed by atoms with van der Waals surface area (Å²) in [5.74, 6) is 1.26. The Balaban J connectivity index is 0.00000280. The van der Waals surface area contributed by atoms with Crippen molar-refractivity contribution < 1.29 is 9.47 Å². The Morgan fingerprint density at radius 2 is 1.96 bits per heavy atom. The number of hydrogen-bond donors (Lipinski definition) is 2. The maximum absolute atomic E-state index is 6.00. The summed E-state index contributed by atoms with van der Waals surface area (Å²) in [5.41, 5.74) is 9.18. The fourth-order valence-corrected chi connectivity index (χ4v) is 2.94. The Kier molecular flexibility index (Phi) is 9.52. The van der Waals surface area contributed by atoms with E-state index in [4.69, 9.17) is 15.2 Å². The first-order chi connectivity index (χ1) is 13.2. The molecular formula is C21H29IN4O2. The third-order valence-electron chi connectivity index (χ3n) is 4.40. The average Bonchev–Trinajstić information content (AvgIpc) is 2.68. The Morgan fingerprint density at radius 1 is 1.18 bits per heavy atom. The third-order valence-corrected chi connectivity index (χ3v) is 4.40. The SMILES string of the molecule is Cc1cccc(NC(N)=NCc2cccc(OCCN3CCOCC3)c2)c1.I. The molecule has 1 aliphatic rings. The van der Waals surface area contributed by atoms with Crippen molar-refractivity contribution in [1.82, 2.24) is 4.90 Å². The minimum Gasteiger partial charge on any atom is -0.492 e. The van der Waals surface area contributed by atoms with Gasteiger partial charge in [0.1, 0.15) is 12.4 Å². The summed E-state index contributed by atoms with van der Waals surface area (Å²) >= 11 is 0. The minimum atomic E-state index is 0. The molecule has 0 bridgehead atoms. The second kappa shape index (κ2) is 11.9. The van der Waals surface area contributed by atoms with Crippen LogP contribution >= 0.6 is 24.0 Å². The topological polar surface area (TPSA) is 72.1 Å². The highest BCUT2D eigenvalue weighted by atomic mass is 127. The summed E-state index contributed by atoms with van der Waals surface area (Å²) in [6.45, 7) is 7.71. The Bertz CT molecular complexity index is 764. The molecule has 6 nitrogen and oxygen atoms in total. The predicted octanol–water partition coefficient (Wildman–Crippen LogP) is 3.25. The lowest BCUT2D eigenvalue weighted by atomic mass is 10.2. The molecule has 152 valence electrons. The third kappa shape index (κ3) is 7.65. The lowest BCUT2D eigenvalue weighted by Crippen LogP contribution is -2.38. The number of anilines is 1. The normalized spacial score (nSPS) is 15.0. The molecule has 1 fully saturated rings. The molecule has 0 unspecified atom stereocenters. The highest BCUT2D eigenvalue weighted by Crippen LogP contribution is 2.15. The number of aliphatic imine (C=N–C) groups is 1. The van der Waals surface area contributed by atoms with E-state index in [2.05, 4.69) is 15.2 Å². The maximum atomic E-state index is 6.00. The van der Waals surface area contributed by atoms with Gasteiger partial charge in [-0.25, -0.2) is 4.99 Å². The highest BCUT2D eigenvalue weighted by Gasteiger charge is 2.09. The van der Waals surface area contributed by atoms with Crippen LogP contribution in [0.2, 0.25) is 0 Å². The van der Waals surface area contributed by atoms with E-state index in [0.29, 0.717) is 19.1 Å². The number of morpholine rings is 1. The monoisotopic (exact) mass is 496 g/mol. The van der Waals surface area contributed by atoms with Crippen molar-refractivity contribution >= 4 is 35.6 Å². The number of nitrogens with zero attached hydrogens (tertiary/aromatic N) is 2. The zero-order valence-corrected chi connectivity index (χ0v) is 18.6. The number of benzene rings is 2. The molecule has 0 atom stereocenters. The van der Waals surface area contributed by atoms with Gasteiger partial charge in [0.2, 0.25) is 0 Å². The molecule has 1 saturated heterocycles. The van der Waals surface area contributed by atoms with E-state index in [1.807, 2.05) is 55.5 Å². The molecule has 0 aromatic heterocycles. The standard InChI is InChI=1S/C21H28N4O2.HI/c1-17-4-2-6-19(14-17)24-21(22)23-16-18-5-3-7-20(15-18)27-13-10-25-8-11-26-12-9-25;/h2-7,14-15H,8-13,16H2,1H3,(H3,22,23,24);1H. The maximum Gasteiger partial charge on any atom is 0.193 e. The minimum absolute atomic E-state index is 0. The predicted molar refractivity (Wildman–Crippen MR) is 125 cm³/mol. The largest absolute Gasteiger partial charge is 0.492 e. The van der Waals surface area contributed by atoms with Crippen molar-refractivity contribution in [2.24, 2.45) is 10.7 Å². The van der Waals surface area contributed by atoms with Crippen LogP contribution in [0.25, 0.3) is 0 Å². The van der Waals surface area contributed by atoms with Crippen LogP contribution in [0.15, 0.2) is 53.5 Å². The molecule has 0 spiro atoms. The van der Waals surface area contributed by atoms with Crippen LogP contribution in [-0.4, -0.2) is 50.3 Å². The number of guanidine groups is 1. The van der Waals surface area contributed by atoms with Gasteiger partial charge in [-0.15, -0.1) is 24.0 Å². The van der Waals surface area contributed by atoms with Crippen molar-refractivity contribution in [3.63, 3.8) is 0 Å². The van der Waals surface area contributed by atoms with Gasteiger partial charge in [-0.05, 0) is 42.3 Å². The van der Waals surface area contributed by atoms with Gasteiger partial charge in [0, 0.05) is 25.3 Å². The van der Waals surface area contributed by atoms with Crippen molar-refractivity contribution in [2.45, 2.75) is 13.5 Å². The number of halogens is 1. The molecule has 0 amide bonds. The van der Waals surface area contributed by atoms with Crippen LogP contribution in [0.5, 0.6) is 5.75 Å². The summed E-state index contributed by atoms with van der Waals surface area (Å²) in [7, 11) is 0. The van der Waals surface area contributed by atoms with Crippen LogP contribution in [0.1, 0.15) is 11.1 Å². The molecule has 0 saturated carbocycles. The van der Waals surface area contributed by atoms with E-state index in [1.165, 1.54) is 5.56 Å². The fraction of sp³-hybridized carbons (Fsp3) is 0.381. The van der Waals surface area contributed by atoms with E-state index in [9.17, 15) is 0 Å². The Morgan fingerprint density at radius 3 is 2.75 bits per heavy atom. The first kappa shape index (κ1) is 22.4. The van der Waals surface area contributed by atoms with Gasteiger partial charge in [-0.1, -0.05) is 24.3 Å². The summed E-state index contributed by atoms with van der Waals surface area (Å²) in [5, 5.41) is 3.12. The van der Waals surface area contributed by atoms with Crippen LogP contribution in [0, 0.1) is 6.92 Å². The van der Waals surface area contributed by atoms with Crippen LogP contribution in [0.3, 0.4) is 0 Å². The summed E-state index contributed by atoms with van der Waals surface area (Å²) in [6.07, 6.45) is 0. The van der Waals surface area contributed by atoms with Gasteiger partial charge in [0.05, 0.1) is 19.8 Å². The van der Waals surface area contributed by atoms with E-state index in [0.717, 1.165) is 49.8 Å². The van der Waals surface area contributed by atoms with Crippen LogP contribution < -0.4 is 15.8 Å². The number of hydrogen-bond acceptors (Lipinski definition) is 4. The molecule has 3 N–H and O–H groups in total. The lowest BCUT2D eigenvalue weighted by Gasteiger charge is -2.26. The Labute approximate surface area is 184 Å². The van der Waals surface area contributed by atoms with Crippen molar-refractivity contribution in [3.8, 4) is 5.75 Å². The number of ether oxygens (including phenoxy) is 2. The molecule has 2 aromatic rings. The van der Waals surface area contributed by atoms with Gasteiger partial charge in [0.15, 0.2) is 5.96 Å². The zero-order valence-electron chi connectivity index (χ0n) is 16.3. The fourth-order valence-electron chi connectivity index (χ4n) is 2.94. The summed E-state index contributed by atoms with van der Waals surface area (Å²) < 4.78 is 11.2. The first-order valence-corrected chi connectivity index (χ1v) is 9.34. The van der Waals surface area contributed by atoms with Gasteiger partial charge in [-0.3, -0.25) is 4.90 Å². The quantitative estimate of drug-likeness (QED) is 0.350. The van der Waals surface area contributed by atoms with Gasteiger partial charge >= 0.3 is 0 Å².